The summed E-state index contributed by atoms with van der Waals surface area (Å²) in [5, 5.41) is 13.9. The van der Waals surface area contributed by atoms with Crippen LogP contribution < -0.4 is 25.4 Å². The van der Waals surface area contributed by atoms with Crippen LogP contribution in [0.2, 0.25) is 0 Å². The minimum absolute atomic E-state index is 0.247. The molecule has 0 saturated heterocycles. The summed E-state index contributed by atoms with van der Waals surface area (Å²) in [5.41, 5.74) is 6.72. The lowest BCUT2D eigenvalue weighted by Crippen LogP contribution is -2.25. The van der Waals surface area contributed by atoms with E-state index in [1.54, 1.807) is 12.4 Å². The molecule has 0 atom stereocenters. The Bertz CT molecular complexity index is 1950. The zero-order chi connectivity index (χ0) is 28.6. The monoisotopic (exact) mass is 562 g/mol. The van der Waals surface area contributed by atoms with Crippen molar-refractivity contribution >= 4 is 28.9 Å². The smallest absolute Gasteiger partial charge is 0.138 e. The Labute approximate surface area is 242 Å². The Morgan fingerprint density at radius 1 is 0.976 bits per heavy atom. The summed E-state index contributed by atoms with van der Waals surface area (Å²) >= 11 is 0. The van der Waals surface area contributed by atoms with Crippen LogP contribution in [0.5, 0.6) is 11.5 Å². The van der Waals surface area contributed by atoms with E-state index in [2.05, 4.69) is 42.6 Å². The molecular weight excluding hydrogens is 531 g/mol. The maximum Gasteiger partial charge on any atom is 0.138 e. The second kappa shape index (κ2) is 10.8. The van der Waals surface area contributed by atoms with Crippen molar-refractivity contribution in [1.82, 2.24) is 30.5 Å². The number of fused-ring (bicyclic) bond motifs is 2. The zero-order valence-corrected chi connectivity index (χ0v) is 23.5. The van der Waals surface area contributed by atoms with Gasteiger partial charge < -0.3 is 19.8 Å². The second-order valence-electron chi connectivity index (χ2n) is 10.8. The third kappa shape index (κ3) is 4.91. The first-order chi connectivity index (χ1) is 20.6. The van der Waals surface area contributed by atoms with Crippen molar-refractivity contribution in [2.75, 3.05) is 7.11 Å². The number of H-pyrrole nitrogens is 2. The molecule has 5 heterocycles. The van der Waals surface area contributed by atoms with Gasteiger partial charge in [0, 0.05) is 52.1 Å². The molecule has 1 aromatic carbocycles. The molecule has 1 aliphatic carbocycles. The van der Waals surface area contributed by atoms with E-state index in [1.165, 1.54) is 38.5 Å². The highest BCUT2D eigenvalue weighted by Crippen LogP contribution is 2.33. The molecule has 0 bridgehead atoms. The number of benzene rings is 1. The molecule has 0 unspecified atom stereocenters. The fourth-order valence-electron chi connectivity index (χ4n) is 5.88. The van der Waals surface area contributed by atoms with E-state index < -0.39 is 0 Å². The van der Waals surface area contributed by atoms with Gasteiger partial charge in [-0.05, 0) is 80.1 Å². The van der Waals surface area contributed by atoms with E-state index in [4.69, 9.17) is 9.47 Å². The highest BCUT2D eigenvalue weighted by atomic mass is 19.1. The number of hydrogen-bond donors (Lipinski definition) is 3. The van der Waals surface area contributed by atoms with Crippen LogP contribution >= 0.6 is 0 Å². The van der Waals surface area contributed by atoms with Crippen molar-refractivity contribution in [3.05, 3.63) is 82.6 Å². The van der Waals surface area contributed by atoms with Crippen molar-refractivity contribution in [2.45, 2.75) is 45.1 Å². The summed E-state index contributed by atoms with van der Waals surface area (Å²) in [6.07, 6.45) is 15.5. The molecule has 0 radical (unpaired) electrons. The Kier molecular flexibility index (Phi) is 6.70. The number of aromatic nitrogens is 5. The molecule has 0 amide bonds. The number of hydrogen-bond acceptors (Lipinski definition) is 6. The average Bonchev–Trinajstić information content (AvgIpc) is 3.58. The molecule has 212 valence electrons. The van der Waals surface area contributed by atoms with Crippen LogP contribution in [0.15, 0.2) is 60.7 Å². The van der Waals surface area contributed by atoms with E-state index in [-0.39, 0.29) is 11.9 Å². The Morgan fingerprint density at radius 2 is 1.83 bits per heavy atom. The lowest BCUT2D eigenvalue weighted by Gasteiger charge is -2.23. The molecule has 7 rings (SSSR count). The summed E-state index contributed by atoms with van der Waals surface area (Å²) in [6, 6.07) is 10.6. The molecule has 2 aliphatic rings. The maximum atomic E-state index is 14.4. The number of rotatable bonds is 6. The molecule has 0 spiro atoms. The first-order valence-electron chi connectivity index (χ1n) is 14.2. The van der Waals surface area contributed by atoms with Crippen LogP contribution in [0.4, 0.5) is 4.39 Å². The molecular formula is C33H31FN6O2. The quantitative estimate of drug-likeness (QED) is 0.255. The summed E-state index contributed by atoms with van der Waals surface area (Å²) in [6.45, 7) is 2.04. The van der Waals surface area contributed by atoms with Crippen molar-refractivity contribution in [1.29, 1.82) is 0 Å². The fourth-order valence-corrected chi connectivity index (χ4v) is 5.88. The average molecular weight is 563 g/mol. The zero-order valence-electron chi connectivity index (χ0n) is 23.5. The van der Waals surface area contributed by atoms with Gasteiger partial charge >= 0.3 is 0 Å². The van der Waals surface area contributed by atoms with Gasteiger partial charge in [-0.3, -0.25) is 10.1 Å². The van der Waals surface area contributed by atoms with Crippen molar-refractivity contribution in [3.8, 4) is 34.0 Å². The van der Waals surface area contributed by atoms with E-state index in [9.17, 15) is 4.39 Å². The van der Waals surface area contributed by atoms with E-state index in [0.29, 0.717) is 17.0 Å². The van der Waals surface area contributed by atoms with Crippen LogP contribution in [0, 0.1) is 5.82 Å². The fraction of sp³-hybridized carbons (Fsp3) is 0.242. The van der Waals surface area contributed by atoms with Gasteiger partial charge in [0.1, 0.15) is 28.7 Å². The first-order valence-corrected chi connectivity index (χ1v) is 14.2. The number of nitrogens with zero attached hydrogens (tertiary/aromatic N) is 3. The van der Waals surface area contributed by atoms with Crippen LogP contribution in [-0.4, -0.2) is 38.4 Å². The molecule has 1 saturated carbocycles. The Morgan fingerprint density at radius 3 is 2.69 bits per heavy atom. The van der Waals surface area contributed by atoms with Crippen LogP contribution in [-0.2, 0) is 0 Å². The summed E-state index contributed by atoms with van der Waals surface area (Å²) in [4.78, 5) is 12.5. The standard InChI is InChI=1S/C33H31FN6O2/c1-19-27(21-12-25(17-35-16-21)42-23-6-4-3-5-7-23)14-29-31(18-37-19)39-40-32(29)30-15-28-26(8-9-36-33(28)38-30)20-10-22(34)13-24(11-20)41-2/h8-18,23,37,39H,3-7H2,1-2H3,(H,36,38). The highest BCUT2D eigenvalue weighted by Gasteiger charge is 2.18. The van der Waals surface area contributed by atoms with E-state index in [1.807, 2.05) is 37.5 Å². The van der Waals surface area contributed by atoms with Gasteiger partial charge in [0.05, 0.1) is 30.5 Å². The van der Waals surface area contributed by atoms with E-state index >= 15 is 0 Å². The largest absolute Gasteiger partial charge is 0.497 e. The van der Waals surface area contributed by atoms with E-state index in [0.717, 1.165) is 68.3 Å². The number of allylic oxidation sites excluding steroid dienone is 2. The predicted molar refractivity (Wildman–Crippen MR) is 161 cm³/mol. The summed E-state index contributed by atoms with van der Waals surface area (Å²) in [5.74, 6) is 0.883. The SMILES string of the molecule is COc1cc(F)cc(-c2ccnc3[nH]c(-c4n[nH]c5c4=CC(c4cncc(OC6CCCCC6)c4)=C(C)NC=5)cc23)c1. The molecule has 9 heteroatoms. The molecule has 5 aromatic rings. The minimum Gasteiger partial charge on any atom is -0.497 e. The van der Waals surface area contributed by atoms with Gasteiger partial charge in [0.2, 0.25) is 0 Å². The van der Waals surface area contributed by atoms with Gasteiger partial charge in [-0.1, -0.05) is 6.42 Å². The summed E-state index contributed by atoms with van der Waals surface area (Å²) in [7, 11) is 1.53. The van der Waals surface area contributed by atoms with Gasteiger partial charge in [-0.15, -0.1) is 0 Å². The minimum atomic E-state index is -0.363. The summed E-state index contributed by atoms with van der Waals surface area (Å²) < 4.78 is 26.0. The lowest BCUT2D eigenvalue weighted by molar-refractivity contribution is 0.154. The highest BCUT2D eigenvalue weighted by molar-refractivity contribution is 5.97. The number of nitrogens with one attached hydrogen (secondary N) is 3. The number of halogens is 1. The van der Waals surface area contributed by atoms with Gasteiger partial charge in [0.25, 0.3) is 0 Å². The molecule has 1 aliphatic heterocycles. The van der Waals surface area contributed by atoms with Gasteiger partial charge in [-0.25, -0.2) is 9.37 Å². The number of ether oxygens (including phenoxy) is 2. The molecule has 4 aromatic heterocycles. The lowest BCUT2D eigenvalue weighted by atomic mass is 9.98. The molecule has 42 heavy (non-hydrogen) atoms. The Hall–Kier alpha value is -4.92. The third-order valence-corrected chi connectivity index (χ3v) is 8.04. The second-order valence-corrected chi connectivity index (χ2v) is 10.8. The molecule has 8 nitrogen and oxygen atoms in total. The van der Waals surface area contributed by atoms with Crippen molar-refractivity contribution < 1.29 is 13.9 Å². The Balaban J connectivity index is 1.29. The van der Waals surface area contributed by atoms with Crippen LogP contribution in [0.3, 0.4) is 0 Å². The predicted octanol–water partition coefficient (Wildman–Crippen LogP) is 5.43. The third-order valence-electron chi connectivity index (χ3n) is 8.04. The number of pyridine rings is 2. The molecule has 3 N–H and O–H groups in total. The van der Waals surface area contributed by atoms with Crippen molar-refractivity contribution in [2.24, 2.45) is 0 Å². The normalized spacial score (nSPS) is 15.4. The number of methoxy groups -OCH3 is 1. The van der Waals surface area contributed by atoms with Gasteiger partial charge in [0.15, 0.2) is 0 Å². The topological polar surface area (TPSA) is 101 Å². The maximum absolute atomic E-state index is 14.4. The number of aromatic amines is 2. The first kappa shape index (κ1) is 26.0. The van der Waals surface area contributed by atoms with Gasteiger partial charge in [-0.2, -0.15) is 5.10 Å². The van der Waals surface area contributed by atoms with Crippen LogP contribution in [0.25, 0.3) is 51.4 Å². The van der Waals surface area contributed by atoms with Crippen molar-refractivity contribution in [3.63, 3.8) is 0 Å². The molecule has 1 fully saturated rings. The van der Waals surface area contributed by atoms with Crippen LogP contribution in [0.1, 0.15) is 44.6 Å².